The van der Waals surface area contributed by atoms with E-state index in [0.29, 0.717) is 0 Å². The third-order valence-electron chi connectivity index (χ3n) is 3.90. The maximum atomic E-state index is 13.9. The molecule has 1 aromatic rings. The highest BCUT2D eigenvalue weighted by molar-refractivity contribution is 6.43. The van der Waals surface area contributed by atoms with Crippen molar-refractivity contribution in [1.29, 1.82) is 0 Å². The van der Waals surface area contributed by atoms with E-state index in [0.717, 1.165) is 11.6 Å². The molecule has 0 spiro atoms. The van der Waals surface area contributed by atoms with Crippen molar-refractivity contribution in [2.45, 2.75) is 24.6 Å². The fourth-order valence-corrected chi connectivity index (χ4v) is 2.58. The van der Waals surface area contributed by atoms with E-state index in [-0.39, 0.29) is 19.5 Å². The van der Waals surface area contributed by atoms with E-state index in [9.17, 15) is 24.0 Å². The number of alkyl carbamates (subject to hydrolysis) is 1. The van der Waals surface area contributed by atoms with Gasteiger partial charge in [0.05, 0.1) is 19.0 Å². The average molecular weight is 350 g/mol. The SMILES string of the molecule is C=CC(=O)N1C[C@@H](F)[C@H](OC(=O)NC(Cc2ccccc2)B(O)O)C1. The maximum Gasteiger partial charge on any atom is 0.475 e. The molecule has 134 valence electrons. The van der Waals surface area contributed by atoms with Crippen molar-refractivity contribution in [3.05, 3.63) is 48.6 Å². The Morgan fingerprint density at radius 1 is 1.40 bits per heavy atom. The number of benzene rings is 1. The van der Waals surface area contributed by atoms with Gasteiger partial charge in [-0.15, -0.1) is 0 Å². The Labute approximate surface area is 145 Å². The highest BCUT2D eigenvalue weighted by atomic mass is 19.1. The Morgan fingerprint density at radius 2 is 2.08 bits per heavy atom. The second-order valence-electron chi connectivity index (χ2n) is 5.76. The third-order valence-corrected chi connectivity index (χ3v) is 3.90. The van der Waals surface area contributed by atoms with Crippen molar-refractivity contribution in [3.8, 4) is 0 Å². The number of ether oxygens (including phenoxy) is 1. The van der Waals surface area contributed by atoms with Crippen LogP contribution in [-0.2, 0) is 16.0 Å². The molecule has 1 aliphatic rings. The fourth-order valence-electron chi connectivity index (χ4n) is 2.58. The van der Waals surface area contributed by atoms with Crippen LogP contribution in [-0.4, -0.2) is 65.4 Å². The minimum Gasteiger partial charge on any atom is -0.441 e. The molecule has 3 N–H and O–H groups in total. The number of alkyl halides is 1. The predicted molar refractivity (Wildman–Crippen MR) is 89.2 cm³/mol. The first-order valence-electron chi connectivity index (χ1n) is 7.83. The lowest BCUT2D eigenvalue weighted by molar-refractivity contribution is -0.125. The first-order valence-corrected chi connectivity index (χ1v) is 7.83. The van der Waals surface area contributed by atoms with Crippen LogP contribution in [0.5, 0.6) is 0 Å². The average Bonchev–Trinajstić information content (AvgIpc) is 2.95. The van der Waals surface area contributed by atoms with Gasteiger partial charge in [0.1, 0.15) is 0 Å². The number of likely N-dealkylation sites (tertiary alicyclic amines) is 1. The molecule has 25 heavy (non-hydrogen) atoms. The number of hydrogen-bond donors (Lipinski definition) is 3. The van der Waals surface area contributed by atoms with Gasteiger partial charge < -0.3 is 25.0 Å². The van der Waals surface area contributed by atoms with Crippen LogP contribution in [0.25, 0.3) is 0 Å². The second-order valence-corrected chi connectivity index (χ2v) is 5.76. The van der Waals surface area contributed by atoms with Gasteiger partial charge in [0.15, 0.2) is 12.3 Å². The molecule has 1 heterocycles. The van der Waals surface area contributed by atoms with E-state index in [4.69, 9.17) is 4.74 Å². The number of carbonyl (C=O) groups excluding carboxylic acids is 2. The number of nitrogens with zero attached hydrogens (tertiary/aromatic N) is 1. The van der Waals surface area contributed by atoms with Gasteiger partial charge in [-0.2, -0.15) is 0 Å². The third kappa shape index (κ3) is 5.30. The molecule has 1 fully saturated rings. The summed E-state index contributed by atoms with van der Waals surface area (Å²) in [6, 6.07) is 8.93. The van der Waals surface area contributed by atoms with E-state index < -0.39 is 37.3 Å². The summed E-state index contributed by atoms with van der Waals surface area (Å²) in [7, 11) is -1.81. The second kappa shape index (κ2) is 8.64. The highest BCUT2D eigenvalue weighted by Crippen LogP contribution is 2.17. The van der Waals surface area contributed by atoms with Crippen molar-refractivity contribution >= 4 is 19.1 Å². The van der Waals surface area contributed by atoms with Crippen LogP contribution >= 0.6 is 0 Å². The normalized spacial score (nSPS) is 20.7. The Hall–Kier alpha value is -2.39. The molecule has 0 bridgehead atoms. The van der Waals surface area contributed by atoms with Gasteiger partial charge in [0.25, 0.3) is 0 Å². The zero-order valence-corrected chi connectivity index (χ0v) is 13.5. The van der Waals surface area contributed by atoms with Crippen LogP contribution in [0.2, 0.25) is 0 Å². The summed E-state index contributed by atoms with van der Waals surface area (Å²) in [6.07, 6.45) is -2.38. The number of amides is 2. The van der Waals surface area contributed by atoms with Gasteiger partial charge in [0, 0.05) is 0 Å². The van der Waals surface area contributed by atoms with E-state index >= 15 is 0 Å². The zero-order chi connectivity index (χ0) is 18.4. The van der Waals surface area contributed by atoms with Crippen LogP contribution in [0.1, 0.15) is 5.56 Å². The van der Waals surface area contributed by atoms with Crippen LogP contribution in [0.3, 0.4) is 0 Å². The minimum absolute atomic E-state index is 0.0789. The largest absolute Gasteiger partial charge is 0.475 e. The monoisotopic (exact) mass is 350 g/mol. The molecule has 1 aliphatic heterocycles. The Bertz CT molecular complexity index is 616. The Morgan fingerprint density at radius 3 is 2.68 bits per heavy atom. The summed E-state index contributed by atoms with van der Waals surface area (Å²) >= 11 is 0. The van der Waals surface area contributed by atoms with Crippen LogP contribution in [0.4, 0.5) is 9.18 Å². The van der Waals surface area contributed by atoms with Crippen molar-refractivity contribution in [2.75, 3.05) is 13.1 Å². The molecule has 1 saturated heterocycles. The van der Waals surface area contributed by atoms with Gasteiger partial charge in [-0.05, 0) is 18.1 Å². The molecule has 0 aromatic heterocycles. The smallest absolute Gasteiger partial charge is 0.441 e. The van der Waals surface area contributed by atoms with Crippen molar-refractivity contribution < 1.29 is 28.8 Å². The first kappa shape index (κ1) is 18.9. The van der Waals surface area contributed by atoms with Gasteiger partial charge in [0.2, 0.25) is 5.91 Å². The quantitative estimate of drug-likeness (QED) is 0.498. The van der Waals surface area contributed by atoms with Gasteiger partial charge >= 0.3 is 13.2 Å². The number of nitrogens with one attached hydrogen (secondary N) is 1. The predicted octanol–water partition coefficient (Wildman–Crippen LogP) is 0.0708. The van der Waals surface area contributed by atoms with Gasteiger partial charge in [-0.25, -0.2) is 9.18 Å². The lowest BCUT2D eigenvalue weighted by Gasteiger charge is -2.20. The summed E-state index contributed by atoms with van der Waals surface area (Å²) in [6.45, 7) is 3.06. The number of carbonyl (C=O) groups is 2. The Kier molecular flexibility index (Phi) is 6.54. The van der Waals surface area contributed by atoms with Crippen molar-refractivity contribution in [2.24, 2.45) is 0 Å². The number of halogens is 1. The van der Waals surface area contributed by atoms with Crippen molar-refractivity contribution in [3.63, 3.8) is 0 Å². The molecular formula is C16H20BFN2O5. The summed E-state index contributed by atoms with van der Waals surface area (Å²) in [4.78, 5) is 24.6. The van der Waals surface area contributed by atoms with Crippen molar-refractivity contribution in [1.82, 2.24) is 10.2 Å². The lowest BCUT2D eigenvalue weighted by atomic mass is 9.76. The molecule has 0 saturated carbocycles. The molecule has 7 nitrogen and oxygen atoms in total. The van der Waals surface area contributed by atoms with Crippen LogP contribution in [0.15, 0.2) is 43.0 Å². The number of hydrogen-bond acceptors (Lipinski definition) is 5. The van der Waals surface area contributed by atoms with Gasteiger partial charge in [-0.1, -0.05) is 36.9 Å². The molecule has 0 radical (unpaired) electrons. The molecule has 1 unspecified atom stereocenters. The highest BCUT2D eigenvalue weighted by Gasteiger charge is 2.38. The molecular weight excluding hydrogens is 330 g/mol. The standard InChI is InChI=1S/C16H20BFN2O5/c1-2-15(21)20-9-12(18)13(10-20)25-16(22)19-14(17(23)24)8-11-6-4-3-5-7-11/h2-7,12-14,23-24H,1,8-10H2,(H,19,22)/t12-,13-,14?/m1/s1. The summed E-state index contributed by atoms with van der Waals surface area (Å²) in [5.74, 6) is -1.46. The maximum absolute atomic E-state index is 13.9. The van der Waals surface area contributed by atoms with E-state index in [2.05, 4.69) is 11.9 Å². The molecule has 1 aromatic carbocycles. The number of rotatable bonds is 6. The van der Waals surface area contributed by atoms with Crippen LogP contribution < -0.4 is 5.32 Å². The van der Waals surface area contributed by atoms with Crippen LogP contribution in [0, 0.1) is 0 Å². The molecule has 0 aliphatic carbocycles. The van der Waals surface area contributed by atoms with E-state index in [1.165, 1.54) is 4.90 Å². The fraction of sp³-hybridized carbons (Fsp3) is 0.375. The van der Waals surface area contributed by atoms with E-state index in [1.54, 1.807) is 24.3 Å². The molecule has 3 atom stereocenters. The summed E-state index contributed by atoms with van der Waals surface area (Å²) in [5.41, 5.74) is 0.785. The molecule has 9 heteroatoms. The minimum atomic E-state index is -1.81. The summed E-state index contributed by atoms with van der Waals surface area (Å²) < 4.78 is 18.9. The first-order chi connectivity index (χ1) is 11.9. The topological polar surface area (TPSA) is 99.1 Å². The Balaban J connectivity index is 1.91. The summed E-state index contributed by atoms with van der Waals surface area (Å²) in [5, 5.41) is 21.2. The lowest BCUT2D eigenvalue weighted by Crippen LogP contribution is -2.49. The van der Waals surface area contributed by atoms with E-state index in [1.807, 2.05) is 6.07 Å². The van der Waals surface area contributed by atoms with Gasteiger partial charge in [-0.3, -0.25) is 4.79 Å². The molecule has 2 amide bonds. The zero-order valence-electron chi connectivity index (χ0n) is 13.5. The molecule has 2 rings (SSSR count).